The smallest absolute Gasteiger partial charge is 0.341 e. The highest BCUT2D eigenvalue weighted by atomic mass is 16.5. The van der Waals surface area contributed by atoms with Gasteiger partial charge >= 0.3 is 5.97 Å². The summed E-state index contributed by atoms with van der Waals surface area (Å²) >= 11 is 0. The van der Waals surface area contributed by atoms with E-state index in [2.05, 4.69) is 10.1 Å². The molecule has 0 aromatic carbocycles. The van der Waals surface area contributed by atoms with E-state index in [0.29, 0.717) is 36.7 Å². The van der Waals surface area contributed by atoms with Crippen molar-refractivity contribution in [2.45, 2.75) is 13.5 Å². The van der Waals surface area contributed by atoms with Crippen LogP contribution in [0.5, 0.6) is 0 Å². The number of aryl methyl sites for hydroxylation is 1. The lowest BCUT2D eigenvalue weighted by atomic mass is 10.2. The van der Waals surface area contributed by atoms with Gasteiger partial charge in [-0.25, -0.2) is 4.79 Å². The third-order valence-electron chi connectivity index (χ3n) is 1.99. The quantitative estimate of drug-likeness (QED) is 0.546. The predicted octanol–water partition coefficient (Wildman–Crippen LogP) is 0.423. The molecule has 0 amide bonds. The number of nitrogens with one attached hydrogen (secondary N) is 1. The number of nitrogens with two attached hydrogens (primary N) is 1. The van der Waals surface area contributed by atoms with Crippen molar-refractivity contribution in [3.63, 3.8) is 0 Å². The van der Waals surface area contributed by atoms with Gasteiger partial charge in [0.2, 0.25) is 0 Å². The molecule has 0 aliphatic carbocycles. The fourth-order valence-electron chi connectivity index (χ4n) is 1.26. The number of hydrogen-bond acceptors (Lipinski definition) is 5. The van der Waals surface area contributed by atoms with E-state index >= 15 is 0 Å². The Morgan fingerprint density at radius 1 is 1.67 bits per heavy atom. The Kier molecular flexibility index (Phi) is 4.33. The number of furan rings is 1. The fraction of sp³-hybridized carbons (Fsp3) is 0.500. The van der Waals surface area contributed by atoms with Gasteiger partial charge < -0.3 is 20.2 Å². The molecule has 1 heterocycles. The van der Waals surface area contributed by atoms with E-state index < -0.39 is 0 Å². The van der Waals surface area contributed by atoms with Gasteiger partial charge in [-0.3, -0.25) is 0 Å². The molecular formula is C10H16N2O3. The Morgan fingerprint density at radius 3 is 3.00 bits per heavy atom. The van der Waals surface area contributed by atoms with Gasteiger partial charge in [0.15, 0.2) is 0 Å². The Hall–Kier alpha value is -1.33. The van der Waals surface area contributed by atoms with Gasteiger partial charge in [-0.2, -0.15) is 0 Å². The van der Waals surface area contributed by atoms with Crippen LogP contribution in [0.15, 0.2) is 10.5 Å². The highest BCUT2D eigenvalue weighted by Gasteiger charge is 2.14. The van der Waals surface area contributed by atoms with E-state index in [1.54, 1.807) is 13.0 Å². The second-order valence-electron chi connectivity index (χ2n) is 3.14. The number of esters is 1. The van der Waals surface area contributed by atoms with Crippen LogP contribution < -0.4 is 11.1 Å². The van der Waals surface area contributed by atoms with E-state index in [9.17, 15) is 4.79 Å². The summed E-state index contributed by atoms with van der Waals surface area (Å²) in [5.41, 5.74) is 5.80. The molecule has 3 N–H and O–H groups in total. The van der Waals surface area contributed by atoms with Gasteiger partial charge in [-0.05, 0) is 13.0 Å². The predicted molar refractivity (Wildman–Crippen MR) is 55.5 cm³/mol. The third kappa shape index (κ3) is 3.07. The summed E-state index contributed by atoms with van der Waals surface area (Å²) in [6.45, 7) is 3.59. The van der Waals surface area contributed by atoms with Crippen molar-refractivity contribution in [2.24, 2.45) is 5.73 Å². The number of carbonyl (C=O) groups excluding carboxylic acids is 1. The zero-order valence-electron chi connectivity index (χ0n) is 9.00. The summed E-state index contributed by atoms with van der Waals surface area (Å²) in [7, 11) is 1.35. The second-order valence-corrected chi connectivity index (χ2v) is 3.14. The first kappa shape index (κ1) is 11.7. The Balaban J connectivity index is 2.64. The minimum atomic E-state index is -0.374. The van der Waals surface area contributed by atoms with Crippen molar-refractivity contribution in [2.75, 3.05) is 20.2 Å². The van der Waals surface area contributed by atoms with Crippen LogP contribution in [0.2, 0.25) is 0 Å². The monoisotopic (exact) mass is 212 g/mol. The molecule has 0 bridgehead atoms. The number of ether oxygens (including phenoxy) is 1. The second kappa shape index (κ2) is 5.53. The maximum Gasteiger partial charge on any atom is 0.341 e. The molecule has 1 aromatic heterocycles. The van der Waals surface area contributed by atoms with Crippen LogP contribution >= 0.6 is 0 Å². The summed E-state index contributed by atoms with van der Waals surface area (Å²) in [5, 5.41) is 3.08. The SMILES string of the molecule is COC(=O)c1cc(CNCCN)oc1C. The van der Waals surface area contributed by atoms with Crippen molar-refractivity contribution in [1.29, 1.82) is 0 Å². The van der Waals surface area contributed by atoms with Crippen LogP contribution in [-0.2, 0) is 11.3 Å². The highest BCUT2D eigenvalue weighted by Crippen LogP contribution is 2.15. The van der Waals surface area contributed by atoms with Crippen molar-refractivity contribution in [3.05, 3.63) is 23.2 Å². The maximum atomic E-state index is 11.3. The van der Waals surface area contributed by atoms with Crippen molar-refractivity contribution >= 4 is 5.97 Å². The molecule has 0 radical (unpaired) electrons. The zero-order valence-corrected chi connectivity index (χ0v) is 9.00. The number of methoxy groups -OCH3 is 1. The molecule has 5 nitrogen and oxygen atoms in total. The summed E-state index contributed by atoms with van der Waals surface area (Å²) < 4.78 is 10.00. The van der Waals surface area contributed by atoms with E-state index in [0.717, 1.165) is 0 Å². The zero-order chi connectivity index (χ0) is 11.3. The maximum absolute atomic E-state index is 11.3. The molecule has 84 valence electrons. The van der Waals surface area contributed by atoms with Gasteiger partial charge in [-0.15, -0.1) is 0 Å². The first-order chi connectivity index (χ1) is 7.19. The lowest BCUT2D eigenvalue weighted by Crippen LogP contribution is -2.21. The molecule has 1 rings (SSSR count). The standard InChI is InChI=1S/C10H16N2O3/c1-7-9(10(13)14-2)5-8(15-7)6-12-4-3-11/h5,12H,3-4,6,11H2,1-2H3. The average Bonchev–Trinajstić information content (AvgIpc) is 2.59. The summed E-state index contributed by atoms with van der Waals surface area (Å²) in [6.07, 6.45) is 0. The molecule has 0 fully saturated rings. The van der Waals surface area contributed by atoms with E-state index in [4.69, 9.17) is 10.2 Å². The Morgan fingerprint density at radius 2 is 2.40 bits per heavy atom. The topological polar surface area (TPSA) is 77.5 Å². The van der Waals surface area contributed by atoms with Crippen LogP contribution in [0.1, 0.15) is 21.9 Å². The van der Waals surface area contributed by atoms with Crippen LogP contribution in [0, 0.1) is 6.92 Å². The Bertz CT molecular complexity index is 333. The van der Waals surface area contributed by atoms with Crippen LogP contribution in [0.25, 0.3) is 0 Å². The minimum Gasteiger partial charge on any atom is -0.465 e. The van der Waals surface area contributed by atoms with E-state index in [1.165, 1.54) is 7.11 Å². The van der Waals surface area contributed by atoms with Gasteiger partial charge in [0.25, 0.3) is 0 Å². The summed E-state index contributed by atoms with van der Waals surface area (Å²) in [6, 6.07) is 1.69. The molecule has 0 saturated heterocycles. The van der Waals surface area contributed by atoms with Crippen LogP contribution in [0.4, 0.5) is 0 Å². The molecule has 0 aliphatic rings. The molecule has 0 saturated carbocycles. The number of hydrogen-bond donors (Lipinski definition) is 2. The molecule has 15 heavy (non-hydrogen) atoms. The minimum absolute atomic E-state index is 0.374. The van der Waals surface area contributed by atoms with E-state index in [-0.39, 0.29) is 5.97 Å². The van der Waals surface area contributed by atoms with Gasteiger partial charge in [0.1, 0.15) is 17.1 Å². The van der Waals surface area contributed by atoms with E-state index in [1.807, 2.05) is 0 Å². The van der Waals surface area contributed by atoms with Gasteiger partial charge in [0.05, 0.1) is 13.7 Å². The number of carbonyl (C=O) groups is 1. The summed E-state index contributed by atoms with van der Waals surface area (Å²) in [5.74, 6) is 0.911. The lowest BCUT2D eigenvalue weighted by Gasteiger charge is -1.97. The first-order valence-corrected chi connectivity index (χ1v) is 4.77. The molecule has 1 aromatic rings. The molecule has 0 atom stereocenters. The average molecular weight is 212 g/mol. The summed E-state index contributed by atoms with van der Waals surface area (Å²) in [4.78, 5) is 11.3. The molecule has 0 spiro atoms. The van der Waals surface area contributed by atoms with Gasteiger partial charge in [-0.1, -0.05) is 0 Å². The third-order valence-corrected chi connectivity index (χ3v) is 1.99. The first-order valence-electron chi connectivity index (χ1n) is 4.77. The molecule has 5 heteroatoms. The molecular weight excluding hydrogens is 196 g/mol. The normalized spacial score (nSPS) is 10.3. The van der Waals surface area contributed by atoms with Crippen molar-refractivity contribution in [1.82, 2.24) is 5.32 Å². The largest absolute Gasteiger partial charge is 0.465 e. The van der Waals surface area contributed by atoms with Gasteiger partial charge in [0, 0.05) is 13.1 Å². The number of rotatable bonds is 5. The van der Waals surface area contributed by atoms with Crippen LogP contribution in [0.3, 0.4) is 0 Å². The highest BCUT2D eigenvalue weighted by molar-refractivity contribution is 5.90. The van der Waals surface area contributed by atoms with Crippen molar-refractivity contribution in [3.8, 4) is 0 Å². The van der Waals surface area contributed by atoms with Crippen molar-refractivity contribution < 1.29 is 13.9 Å². The Labute approximate surface area is 88.6 Å². The molecule has 0 aliphatic heterocycles. The fourth-order valence-corrected chi connectivity index (χ4v) is 1.26. The lowest BCUT2D eigenvalue weighted by molar-refractivity contribution is 0.0599. The van der Waals surface area contributed by atoms with Crippen LogP contribution in [-0.4, -0.2) is 26.2 Å². The molecule has 0 unspecified atom stereocenters.